The molecule has 142 valence electrons. The number of carbonyl (C=O) groups is 2. The molecule has 0 unspecified atom stereocenters. The van der Waals surface area contributed by atoms with E-state index in [9.17, 15) is 9.59 Å². The van der Waals surface area contributed by atoms with Crippen LogP contribution in [0.3, 0.4) is 0 Å². The molecule has 1 aromatic heterocycles. The summed E-state index contributed by atoms with van der Waals surface area (Å²) in [5.74, 6) is 0.352. The first kappa shape index (κ1) is 18.8. The third-order valence-corrected chi connectivity index (χ3v) is 4.86. The Kier molecular flexibility index (Phi) is 5.69. The number of amides is 2. The van der Waals surface area contributed by atoms with E-state index < -0.39 is 0 Å². The Hall–Kier alpha value is -2.96. The maximum atomic E-state index is 12.7. The van der Waals surface area contributed by atoms with Gasteiger partial charge in [-0.3, -0.25) is 9.59 Å². The van der Waals surface area contributed by atoms with Crippen molar-refractivity contribution in [1.29, 1.82) is 0 Å². The van der Waals surface area contributed by atoms with Crippen LogP contribution in [0, 0.1) is 6.92 Å². The minimum atomic E-state index is -0.245. The topological polar surface area (TPSA) is 78.4 Å². The summed E-state index contributed by atoms with van der Waals surface area (Å²) >= 11 is 0. The van der Waals surface area contributed by atoms with Crippen LogP contribution >= 0.6 is 0 Å². The van der Waals surface area contributed by atoms with Gasteiger partial charge < -0.3 is 15.1 Å². The van der Waals surface area contributed by atoms with E-state index in [2.05, 4.69) is 22.2 Å². The fourth-order valence-electron chi connectivity index (χ4n) is 3.23. The normalized spacial score (nSPS) is 14.2. The van der Waals surface area contributed by atoms with Gasteiger partial charge in [-0.15, -0.1) is 0 Å². The Morgan fingerprint density at radius 1 is 1.15 bits per heavy atom. The van der Waals surface area contributed by atoms with Crippen LogP contribution in [0.2, 0.25) is 0 Å². The fraction of sp³-hybridized carbons (Fsp3) is 0.400. The second-order valence-corrected chi connectivity index (χ2v) is 6.65. The van der Waals surface area contributed by atoms with E-state index in [0.717, 1.165) is 23.2 Å². The molecule has 0 aliphatic carbocycles. The first-order valence-electron chi connectivity index (χ1n) is 9.23. The average molecular weight is 367 g/mol. The Balaban J connectivity index is 1.74. The SMILES string of the molecule is CCc1cccc(C)c1NC(=O)c1ccnc(N2CCN(C(C)=O)CC2)n1. The van der Waals surface area contributed by atoms with Gasteiger partial charge in [0.15, 0.2) is 0 Å². The largest absolute Gasteiger partial charge is 0.339 e. The number of para-hydroxylation sites is 1. The molecule has 2 heterocycles. The molecule has 0 radical (unpaired) electrons. The van der Waals surface area contributed by atoms with Crippen molar-refractivity contribution in [2.75, 3.05) is 36.4 Å². The average Bonchev–Trinajstić information content (AvgIpc) is 2.69. The Morgan fingerprint density at radius 2 is 1.89 bits per heavy atom. The molecule has 3 rings (SSSR count). The number of hydrogen-bond donors (Lipinski definition) is 1. The number of aryl methyl sites for hydroxylation is 2. The molecule has 7 heteroatoms. The first-order valence-corrected chi connectivity index (χ1v) is 9.23. The fourth-order valence-corrected chi connectivity index (χ4v) is 3.23. The van der Waals surface area contributed by atoms with Crippen molar-refractivity contribution in [2.24, 2.45) is 0 Å². The van der Waals surface area contributed by atoms with Crippen molar-refractivity contribution in [2.45, 2.75) is 27.2 Å². The van der Waals surface area contributed by atoms with Gasteiger partial charge in [0.1, 0.15) is 5.69 Å². The van der Waals surface area contributed by atoms with Gasteiger partial charge in [-0.1, -0.05) is 25.1 Å². The van der Waals surface area contributed by atoms with Crippen LogP contribution in [0.15, 0.2) is 30.5 Å². The summed E-state index contributed by atoms with van der Waals surface area (Å²) in [5.41, 5.74) is 3.30. The van der Waals surface area contributed by atoms with E-state index in [-0.39, 0.29) is 11.8 Å². The zero-order valence-electron chi connectivity index (χ0n) is 16.0. The van der Waals surface area contributed by atoms with Crippen molar-refractivity contribution in [3.8, 4) is 0 Å². The number of rotatable bonds is 4. The summed E-state index contributed by atoms with van der Waals surface area (Å²) < 4.78 is 0. The molecule has 0 spiro atoms. The Morgan fingerprint density at radius 3 is 2.56 bits per heavy atom. The zero-order valence-corrected chi connectivity index (χ0v) is 16.0. The summed E-state index contributed by atoms with van der Waals surface area (Å²) in [4.78, 5) is 36.8. The lowest BCUT2D eigenvalue weighted by Crippen LogP contribution is -2.48. The Bertz CT molecular complexity index is 844. The highest BCUT2D eigenvalue weighted by molar-refractivity contribution is 6.03. The summed E-state index contributed by atoms with van der Waals surface area (Å²) in [5, 5.41) is 3.00. The van der Waals surface area contributed by atoms with E-state index in [0.29, 0.717) is 37.8 Å². The number of carbonyl (C=O) groups excluding carboxylic acids is 2. The maximum absolute atomic E-state index is 12.7. The highest BCUT2D eigenvalue weighted by atomic mass is 16.2. The Labute approximate surface area is 159 Å². The molecule has 7 nitrogen and oxygen atoms in total. The van der Waals surface area contributed by atoms with Gasteiger partial charge >= 0.3 is 0 Å². The van der Waals surface area contributed by atoms with E-state index in [1.165, 1.54) is 0 Å². The van der Waals surface area contributed by atoms with Gasteiger partial charge in [0, 0.05) is 45.0 Å². The van der Waals surface area contributed by atoms with E-state index >= 15 is 0 Å². The maximum Gasteiger partial charge on any atom is 0.274 e. The minimum absolute atomic E-state index is 0.0775. The molecule has 27 heavy (non-hydrogen) atoms. The number of nitrogens with one attached hydrogen (secondary N) is 1. The van der Waals surface area contributed by atoms with Gasteiger partial charge in [-0.05, 0) is 30.5 Å². The predicted octanol–water partition coefficient (Wildman–Crippen LogP) is 2.27. The summed E-state index contributed by atoms with van der Waals surface area (Å²) in [6.07, 6.45) is 2.44. The molecule has 0 saturated carbocycles. The van der Waals surface area contributed by atoms with Crippen LogP contribution in [-0.4, -0.2) is 52.9 Å². The van der Waals surface area contributed by atoms with Gasteiger partial charge in [0.25, 0.3) is 5.91 Å². The quantitative estimate of drug-likeness (QED) is 0.897. The third-order valence-electron chi connectivity index (χ3n) is 4.86. The van der Waals surface area contributed by atoms with Gasteiger partial charge in [-0.25, -0.2) is 9.97 Å². The number of benzene rings is 1. The van der Waals surface area contributed by atoms with Crippen molar-refractivity contribution >= 4 is 23.5 Å². The van der Waals surface area contributed by atoms with Crippen molar-refractivity contribution < 1.29 is 9.59 Å². The molecule has 0 atom stereocenters. The zero-order chi connectivity index (χ0) is 19.4. The van der Waals surface area contributed by atoms with E-state index in [1.807, 2.05) is 30.0 Å². The van der Waals surface area contributed by atoms with Crippen LogP contribution < -0.4 is 10.2 Å². The number of aromatic nitrogens is 2. The van der Waals surface area contributed by atoms with Crippen LogP contribution in [0.1, 0.15) is 35.5 Å². The predicted molar refractivity (Wildman–Crippen MR) is 105 cm³/mol. The van der Waals surface area contributed by atoms with E-state index in [4.69, 9.17) is 0 Å². The van der Waals surface area contributed by atoms with Crippen molar-refractivity contribution in [1.82, 2.24) is 14.9 Å². The molecule has 1 N–H and O–H groups in total. The van der Waals surface area contributed by atoms with Crippen molar-refractivity contribution in [3.63, 3.8) is 0 Å². The summed E-state index contributed by atoms with van der Waals surface area (Å²) in [7, 11) is 0. The lowest BCUT2D eigenvalue weighted by atomic mass is 10.1. The van der Waals surface area contributed by atoms with Crippen LogP contribution in [0.25, 0.3) is 0 Å². The molecule has 1 aromatic carbocycles. The monoisotopic (exact) mass is 367 g/mol. The standard InChI is InChI=1S/C20H25N5O2/c1-4-16-7-5-6-14(2)18(16)23-19(27)17-8-9-21-20(22-17)25-12-10-24(11-13-25)15(3)26/h5-9H,4,10-13H2,1-3H3,(H,23,27). The number of anilines is 2. The van der Waals surface area contributed by atoms with Crippen LogP contribution in [0.5, 0.6) is 0 Å². The smallest absolute Gasteiger partial charge is 0.274 e. The van der Waals surface area contributed by atoms with Crippen molar-refractivity contribution in [3.05, 3.63) is 47.3 Å². The second-order valence-electron chi connectivity index (χ2n) is 6.65. The van der Waals surface area contributed by atoms with Gasteiger partial charge in [-0.2, -0.15) is 0 Å². The van der Waals surface area contributed by atoms with Gasteiger partial charge in [0.2, 0.25) is 11.9 Å². The highest BCUT2D eigenvalue weighted by Crippen LogP contribution is 2.22. The molecule has 1 aliphatic rings. The second kappa shape index (κ2) is 8.16. The summed E-state index contributed by atoms with van der Waals surface area (Å²) in [6.45, 7) is 8.21. The third kappa shape index (κ3) is 4.24. The van der Waals surface area contributed by atoms with Gasteiger partial charge in [0.05, 0.1) is 0 Å². The highest BCUT2D eigenvalue weighted by Gasteiger charge is 2.21. The number of hydrogen-bond acceptors (Lipinski definition) is 5. The number of piperazine rings is 1. The molecule has 2 amide bonds. The lowest BCUT2D eigenvalue weighted by Gasteiger charge is -2.34. The summed E-state index contributed by atoms with van der Waals surface area (Å²) in [6, 6.07) is 7.61. The molecule has 1 aliphatic heterocycles. The molecular formula is C20H25N5O2. The minimum Gasteiger partial charge on any atom is -0.339 e. The number of nitrogens with zero attached hydrogens (tertiary/aromatic N) is 4. The molecule has 2 aromatic rings. The van der Waals surface area contributed by atoms with Crippen LogP contribution in [-0.2, 0) is 11.2 Å². The molecule has 1 fully saturated rings. The first-order chi connectivity index (χ1) is 13.0. The van der Waals surface area contributed by atoms with E-state index in [1.54, 1.807) is 24.1 Å². The molecular weight excluding hydrogens is 342 g/mol. The lowest BCUT2D eigenvalue weighted by molar-refractivity contribution is -0.129. The van der Waals surface area contributed by atoms with Crippen LogP contribution in [0.4, 0.5) is 11.6 Å². The molecule has 1 saturated heterocycles. The molecule has 0 bridgehead atoms.